The van der Waals surface area contributed by atoms with E-state index in [0.29, 0.717) is 23.2 Å². The maximum atomic E-state index is 11.2. The summed E-state index contributed by atoms with van der Waals surface area (Å²) >= 11 is 0. The lowest BCUT2D eigenvalue weighted by Gasteiger charge is -2.06. The smallest absolute Gasteiger partial charge is 0.222 e. The van der Waals surface area contributed by atoms with E-state index in [1.807, 2.05) is 0 Å². The van der Waals surface area contributed by atoms with Gasteiger partial charge in [-0.2, -0.15) is 5.10 Å². The van der Waals surface area contributed by atoms with Crippen LogP contribution in [0.5, 0.6) is 0 Å². The number of carbonyl (C=O) groups excluding carboxylic acids is 1. The maximum Gasteiger partial charge on any atom is 0.222 e. The molecule has 0 fully saturated rings. The van der Waals surface area contributed by atoms with Gasteiger partial charge in [0.05, 0.1) is 6.26 Å². The van der Waals surface area contributed by atoms with Crippen LogP contribution < -0.4 is 5.32 Å². The van der Waals surface area contributed by atoms with Gasteiger partial charge in [0, 0.05) is 13.0 Å². The van der Waals surface area contributed by atoms with Crippen LogP contribution >= 0.6 is 0 Å². The first kappa shape index (κ1) is 12.0. The summed E-state index contributed by atoms with van der Waals surface area (Å²) in [5.41, 5.74) is 0. The summed E-state index contributed by atoms with van der Waals surface area (Å²) in [5.74, 6) is 1.47. The Bertz CT molecular complexity index is 668. The normalized spacial score (nSPS) is 10.4. The Morgan fingerprint density at radius 1 is 1.40 bits per heavy atom. The molecule has 0 spiro atoms. The third-order valence-electron chi connectivity index (χ3n) is 2.41. The molecule has 0 atom stereocenters. The van der Waals surface area contributed by atoms with Crippen LogP contribution in [0.3, 0.4) is 0 Å². The molecule has 8 heteroatoms. The zero-order valence-corrected chi connectivity index (χ0v) is 10.5. The summed E-state index contributed by atoms with van der Waals surface area (Å²) in [6.45, 7) is 1.41. The van der Waals surface area contributed by atoms with Crippen LogP contribution in [0.15, 0.2) is 41.5 Å². The number of anilines is 1. The van der Waals surface area contributed by atoms with Crippen molar-refractivity contribution in [1.82, 2.24) is 24.7 Å². The van der Waals surface area contributed by atoms with Gasteiger partial charge in [-0.25, -0.2) is 19.6 Å². The lowest BCUT2D eigenvalue weighted by molar-refractivity contribution is -0.114. The van der Waals surface area contributed by atoms with Gasteiger partial charge in [-0.05, 0) is 12.1 Å². The third-order valence-corrected chi connectivity index (χ3v) is 2.41. The van der Waals surface area contributed by atoms with Crippen molar-refractivity contribution in [3.05, 3.63) is 37.1 Å². The Balaban J connectivity index is 2.10. The van der Waals surface area contributed by atoms with Gasteiger partial charge in [0.25, 0.3) is 0 Å². The second kappa shape index (κ2) is 4.92. The molecular formula is C12H10N6O2. The van der Waals surface area contributed by atoms with Crippen molar-refractivity contribution in [2.75, 3.05) is 5.32 Å². The van der Waals surface area contributed by atoms with E-state index < -0.39 is 0 Å². The van der Waals surface area contributed by atoms with Gasteiger partial charge in [0.2, 0.25) is 5.91 Å². The fourth-order valence-corrected chi connectivity index (χ4v) is 1.64. The van der Waals surface area contributed by atoms with E-state index in [2.05, 4.69) is 25.4 Å². The molecule has 3 heterocycles. The van der Waals surface area contributed by atoms with Crippen molar-refractivity contribution in [3.8, 4) is 17.4 Å². The highest BCUT2D eigenvalue weighted by atomic mass is 16.3. The molecule has 100 valence electrons. The first-order valence-corrected chi connectivity index (χ1v) is 5.78. The van der Waals surface area contributed by atoms with E-state index in [-0.39, 0.29) is 5.91 Å². The molecule has 3 aromatic rings. The zero-order chi connectivity index (χ0) is 13.9. The van der Waals surface area contributed by atoms with Gasteiger partial charge in [-0.3, -0.25) is 4.79 Å². The first-order valence-electron chi connectivity index (χ1n) is 5.78. The lowest BCUT2D eigenvalue weighted by Crippen LogP contribution is -2.10. The van der Waals surface area contributed by atoms with Crippen LogP contribution in [0, 0.1) is 0 Å². The summed E-state index contributed by atoms with van der Waals surface area (Å²) in [6, 6.07) is 5.07. The van der Waals surface area contributed by atoms with Crippen LogP contribution in [-0.4, -0.2) is 30.6 Å². The monoisotopic (exact) mass is 270 g/mol. The van der Waals surface area contributed by atoms with E-state index in [1.165, 1.54) is 30.5 Å². The molecule has 20 heavy (non-hydrogen) atoms. The van der Waals surface area contributed by atoms with Gasteiger partial charge in [0.15, 0.2) is 17.4 Å². The second-order valence-corrected chi connectivity index (χ2v) is 3.93. The number of aromatic nitrogens is 5. The van der Waals surface area contributed by atoms with Gasteiger partial charge in [0.1, 0.15) is 18.5 Å². The fourth-order valence-electron chi connectivity index (χ4n) is 1.64. The summed E-state index contributed by atoms with van der Waals surface area (Å²) in [5, 5.41) is 6.62. The van der Waals surface area contributed by atoms with Crippen molar-refractivity contribution in [2.24, 2.45) is 0 Å². The SMILES string of the molecule is CC(=O)Nc1cc(-n2cncn2)nc(-c2ccco2)n1. The number of rotatable bonds is 3. The minimum absolute atomic E-state index is 0.223. The average Bonchev–Trinajstić information content (AvgIpc) is 3.11. The molecule has 1 amide bonds. The highest BCUT2D eigenvalue weighted by Crippen LogP contribution is 2.19. The minimum atomic E-state index is -0.223. The number of amides is 1. The second-order valence-electron chi connectivity index (χ2n) is 3.93. The van der Waals surface area contributed by atoms with Crippen LogP contribution in [0.2, 0.25) is 0 Å². The Morgan fingerprint density at radius 3 is 2.95 bits per heavy atom. The quantitative estimate of drug-likeness (QED) is 0.769. The Morgan fingerprint density at radius 2 is 2.30 bits per heavy atom. The van der Waals surface area contributed by atoms with Crippen LogP contribution in [0.25, 0.3) is 17.4 Å². The molecule has 0 bridgehead atoms. The Hall–Kier alpha value is -3.03. The number of nitrogens with zero attached hydrogens (tertiary/aromatic N) is 5. The largest absolute Gasteiger partial charge is 0.461 e. The summed E-state index contributed by atoms with van der Waals surface area (Å²) < 4.78 is 6.74. The molecule has 0 radical (unpaired) electrons. The number of hydrogen-bond acceptors (Lipinski definition) is 6. The topological polar surface area (TPSA) is 98.7 Å². The van der Waals surface area contributed by atoms with Crippen molar-refractivity contribution in [2.45, 2.75) is 6.92 Å². The summed E-state index contributed by atoms with van der Waals surface area (Å²) in [7, 11) is 0. The molecule has 0 aliphatic heterocycles. The van der Waals surface area contributed by atoms with Gasteiger partial charge < -0.3 is 9.73 Å². The molecule has 0 aromatic carbocycles. The van der Waals surface area contributed by atoms with E-state index >= 15 is 0 Å². The predicted molar refractivity (Wildman–Crippen MR) is 69.0 cm³/mol. The fraction of sp³-hybridized carbons (Fsp3) is 0.0833. The van der Waals surface area contributed by atoms with Crippen LogP contribution in [0.1, 0.15) is 6.92 Å². The number of furan rings is 1. The number of carbonyl (C=O) groups is 1. The highest BCUT2D eigenvalue weighted by molar-refractivity contribution is 5.88. The first-order chi connectivity index (χ1) is 9.72. The molecule has 8 nitrogen and oxygen atoms in total. The third kappa shape index (κ3) is 2.39. The maximum absolute atomic E-state index is 11.2. The number of nitrogens with one attached hydrogen (secondary N) is 1. The molecular weight excluding hydrogens is 260 g/mol. The minimum Gasteiger partial charge on any atom is -0.461 e. The highest BCUT2D eigenvalue weighted by Gasteiger charge is 2.11. The molecule has 0 saturated heterocycles. The molecule has 1 N–H and O–H groups in total. The molecule has 0 aliphatic carbocycles. The van der Waals surface area contributed by atoms with E-state index in [9.17, 15) is 4.79 Å². The predicted octanol–water partition coefficient (Wildman–Crippen LogP) is 1.28. The van der Waals surface area contributed by atoms with Crippen LogP contribution in [0.4, 0.5) is 5.82 Å². The number of hydrogen-bond donors (Lipinski definition) is 1. The average molecular weight is 270 g/mol. The molecule has 0 saturated carbocycles. The van der Waals surface area contributed by atoms with Crippen LogP contribution in [-0.2, 0) is 4.79 Å². The molecule has 3 aromatic heterocycles. The molecule has 3 rings (SSSR count). The molecule has 0 unspecified atom stereocenters. The van der Waals surface area contributed by atoms with Gasteiger partial charge in [-0.15, -0.1) is 0 Å². The van der Waals surface area contributed by atoms with Crippen molar-refractivity contribution < 1.29 is 9.21 Å². The summed E-state index contributed by atoms with van der Waals surface area (Å²) in [6.07, 6.45) is 4.43. The van der Waals surface area contributed by atoms with E-state index in [0.717, 1.165) is 0 Å². The standard InChI is InChI=1S/C12H10N6O2/c1-8(19)15-10-5-11(18-7-13-6-14-18)17-12(16-10)9-3-2-4-20-9/h2-7H,1H3,(H,15,16,17,19). The van der Waals surface area contributed by atoms with Gasteiger partial charge >= 0.3 is 0 Å². The Kier molecular flexibility index (Phi) is 2.96. The van der Waals surface area contributed by atoms with Crippen molar-refractivity contribution >= 4 is 11.7 Å². The lowest BCUT2D eigenvalue weighted by atomic mass is 10.4. The van der Waals surface area contributed by atoms with E-state index in [4.69, 9.17) is 4.42 Å². The molecule has 0 aliphatic rings. The van der Waals surface area contributed by atoms with Crippen molar-refractivity contribution in [3.63, 3.8) is 0 Å². The van der Waals surface area contributed by atoms with Gasteiger partial charge in [-0.1, -0.05) is 0 Å². The summed E-state index contributed by atoms with van der Waals surface area (Å²) in [4.78, 5) is 23.6. The van der Waals surface area contributed by atoms with Crippen molar-refractivity contribution in [1.29, 1.82) is 0 Å². The van der Waals surface area contributed by atoms with E-state index in [1.54, 1.807) is 18.2 Å². The Labute approximate surface area is 113 Å². The zero-order valence-electron chi connectivity index (χ0n) is 10.5.